The highest BCUT2D eigenvalue weighted by Gasteiger charge is 2.35. The molecule has 0 heterocycles. The Labute approximate surface area is 112 Å². The van der Waals surface area contributed by atoms with Gasteiger partial charge in [-0.15, -0.1) is 0 Å². The molecule has 5 heteroatoms. The van der Waals surface area contributed by atoms with Crippen molar-refractivity contribution in [2.24, 2.45) is 0 Å². The van der Waals surface area contributed by atoms with Crippen LogP contribution in [0.15, 0.2) is 30.3 Å². The van der Waals surface area contributed by atoms with Crippen molar-refractivity contribution in [3.05, 3.63) is 35.9 Å². The van der Waals surface area contributed by atoms with Crippen molar-refractivity contribution in [1.82, 2.24) is 4.90 Å². The molecular formula is C14H17FN2O2. The standard InChI is InChI=1S/C14H17FN2O2/c1-14(11-16,8-5-9-15)17(13(18)19)10-12-6-3-2-4-7-12/h2-4,6-7H,5,8-10H2,1H3,(H,18,19). The van der Waals surface area contributed by atoms with Gasteiger partial charge in [0.15, 0.2) is 0 Å². The Bertz CT molecular complexity index is 458. The summed E-state index contributed by atoms with van der Waals surface area (Å²) in [4.78, 5) is 12.4. The van der Waals surface area contributed by atoms with Gasteiger partial charge in [-0.3, -0.25) is 9.29 Å². The molecule has 0 aliphatic heterocycles. The molecule has 19 heavy (non-hydrogen) atoms. The Balaban J connectivity index is 2.93. The SMILES string of the molecule is CC(C#N)(CCCF)N(Cc1ccccc1)C(=O)O. The zero-order valence-electron chi connectivity index (χ0n) is 10.8. The van der Waals surface area contributed by atoms with Crippen molar-refractivity contribution in [1.29, 1.82) is 5.26 Å². The number of nitriles is 1. The van der Waals surface area contributed by atoms with Crippen LogP contribution in [0.1, 0.15) is 25.3 Å². The van der Waals surface area contributed by atoms with Crippen LogP contribution in [0.2, 0.25) is 0 Å². The lowest BCUT2D eigenvalue weighted by Crippen LogP contribution is -2.47. The molecule has 4 nitrogen and oxygen atoms in total. The van der Waals surface area contributed by atoms with Gasteiger partial charge in [0, 0.05) is 0 Å². The summed E-state index contributed by atoms with van der Waals surface area (Å²) in [5, 5.41) is 18.5. The largest absolute Gasteiger partial charge is 0.465 e. The molecule has 1 atom stereocenters. The molecule has 0 aliphatic carbocycles. The Morgan fingerprint density at radius 1 is 1.47 bits per heavy atom. The Morgan fingerprint density at radius 3 is 2.58 bits per heavy atom. The summed E-state index contributed by atoms with van der Waals surface area (Å²) in [7, 11) is 0. The second-order valence-electron chi connectivity index (χ2n) is 4.53. The normalized spacial score (nSPS) is 13.3. The van der Waals surface area contributed by atoms with Crippen molar-refractivity contribution >= 4 is 6.09 Å². The Morgan fingerprint density at radius 2 is 2.11 bits per heavy atom. The molecular weight excluding hydrogens is 247 g/mol. The zero-order chi connectivity index (χ0) is 14.3. The highest BCUT2D eigenvalue weighted by molar-refractivity contribution is 5.67. The molecule has 1 aromatic rings. The number of carbonyl (C=O) groups is 1. The topological polar surface area (TPSA) is 64.3 Å². The van der Waals surface area contributed by atoms with E-state index in [1.807, 2.05) is 12.1 Å². The minimum absolute atomic E-state index is 0.118. The monoisotopic (exact) mass is 264 g/mol. The summed E-state index contributed by atoms with van der Waals surface area (Å²) in [6, 6.07) is 11.0. The van der Waals surface area contributed by atoms with Gasteiger partial charge in [0.25, 0.3) is 0 Å². The first kappa shape index (κ1) is 15.0. The highest BCUT2D eigenvalue weighted by Crippen LogP contribution is 2.23. The fraction of sp³-hybridized carbons (Fsp3) is 0.429. The number of hydrogen-bond donors (Lipinski definition) is 1. The van der Waals surface area contributed by atoms with E-state index in [4.69, 9.17) is 0 Å². The van der Waals surface area contributed by atoms with Gasteiger partial charge in [-0.2, -0.15) is 5.26 Å². The van der Waals surface area contributed by atoms with E-state index in [2.05, 4.69) is 0 Å². The lowest BCUT2D eigenvalue weighted by molar-refractivity contribution is 0.0967. The van der Waals surface area contributed by atoms with Crippen LogP contribution in [-0.4, -0.2) is 28.3 Å². The van der Waals surface area contributed by atoms with Gasteiger partial charge >= 0.3 is 6.09 Å². The van der Waals surface area contributed by atoms with Crippen LogP contribution < -0.4 is 0 Å². The molecule has 0 saturated heterocycles. The number of alkyl halides is 1. The molecule has 1 unspecified atom stereocenters. The molecule has 0 aliphatic rings. The number of hydrogen-bond acceptors (Lipinski definition) is 2. The second-order valence-corrected chi connectivity index (χ2v) is 4.53. The maximum Gasteiger partial charge on any atom is 0.408 e. The third-order valence-corrected chi connectivity index (χ3v) is 3.05. The maximum absolute atomic E-state index is 12.3. The van der Waals surface area contributed by atoms with Crippen molar-refractivity contribution in [2.75, 3.05) is 6.67 Å². The van der Waals surface area contributed by atoms with E-state index >= 15 is 0 Å². The summed E-state index contributed by atoms with van der Waals surface area (Å²) in [6.45, 7) is 1.09. The van der Waals surface area contributed by atoms with E-state index in [9.17, 15) is 19.6 Å². The van der Waals surface area contributed by atoms with Crippen molar-refractivity contribution in [2.45, 2.75) is 31.8 Å². The van der Waals surface area contributed by atoms with E-state index < -0.39 is 18.3 Å². The van der Waals surface area contributed by atoms with Crippen LogP contribution in [0.25, 0.3) is 0 Å². The number of rotatable bonds is 6. The molecule has 1 aromatic carbocycles. The molecule has 0 saturated carbocycles. The molecule has 0 spiro atoms. The predicted octanol–water partition coefficient (Wildman–Crippen LogP) is 3.20. The third kappa shape index (κ3) is 3.95. The summed E-state index contributed by atoms with van der Waals surface area (Å²) in [6.07, 6.45) is -0.825. The maximum atomic E-state index is 12.3. The van der Waals surface area contributed by atoms with Crippen LogP contribution >= 0.6 is 0 Å². The van der Waals surface area contributed by atoms with Gasteiger partial charge in [0.05, 0.1) is 19.3 Å². The molecule has 1 rings (SSSR count). The van der Waals surface area contributed by atoms with Crippen LogP contribution in [0.3, 0.4) is 0 Å². The van der Waals surface area contributed by atoms with Crippen molar-refractivity contribution < 1.29 is 14.3 Å². The Hall–Kier alpha value is -2.09. The molecule has 102 valence electrons. The Kier molecular flexibility index (Phi) is 5.31. The minimum atomic E-state index is -1.21. The lowest BCUT2D eigenvalue weighted by Gasteiger charge is -2.33. The average Bonchev–Trinajstić information content (AvgIpc) is 2.43. The molecule has 0 radical (unpaired) electrons. The number of amides is 1. The number of nitrogens with zero attached hydrogens (tertiary/aromatic N) is 2. The van der Waals surface area contributed by atoms with Gasteiger partial charge in [-0.25, -0.2) is 4.79 Å². The fourth-order valence-electron chi connectivity index (χ4n) is 1.88. The second kappa shape index (κ2) is 6.74. The van der Waals surface area contributed by atoms with Gasteiger partial charge in [0.2, 0.25) is 0 Å². The summed E-state index contributed by atoms with van der Waals surface area (Å²) in [5.41, 5.74) is -0.417. The van der Waals surface area contributed by atoms with E-state index in [-0.39, 0.29) is 19.4 Å². The smallest absolute Gasteiger partial charge is 0.408 e. The number of halogens is 1. The molecule has 1 amide bonds. The van der Waals surface area contributed by atoms with Crippen molar-refractivity contribution in [3.8, 4) is 6.07 Å². The van der Waals surface area contributed by atoms with Gasteiger partial charge in [0.1, 0.15) is 5.54 Å². The number of benzene rings is 1. The number of carboxylic acid groups (broad SMARTS) is 1. The first-order valence-electron chi connectivity index (χ1n) is 6.05. The van der Waals surface area contributed by atoms with E-state index in [1.165, 1.54) is 6.92 Å². The predicted molar refractivity (Wildman–Crippen MR) is 69.2 cm³/mol. The van der Waals surface area contributed by atoms with Crippen LogP contribution in [-0.2, 0) is 6.54 Å². The van der Waals surface area contributed by atoms with Crippen LogP contribution in [0, 0.1) is 11.3 Å². The molecule has 0 aromatic heterocycles. The third-order valence-electron chi connectivity index (χ3n) is 3.05. The van der Waals surface area contributed by atoms with Gasteiger partial charge in [-0.05, 0) is 25.3 Å². The minimum Gasteiger partial charge on any atom is -0.465 e. The van der Waals surface area contributed by atoms with Crippen LogP contribution in [0.4, 0.5) is 9.18 Å². The summed E-state index contributed by atoms with van der Waals surface area (Å²) >= 11 is 0. The lowest BCUT2D eigenvalue weighted by atomic mass is 9.95. The summed E-state index contributed by atoms with van der Waals surface area (Å²) < 4.78 is 12.3. The highest BCUT2D eigenvalue weighted by atomic mass is 19.1. The first-order valence-corrected chi connectivity index (χ1v) is 6.05. The van der Waals surface area contributed by atoms with Gasteiger partial charge < -0.3 is 5.11 Å². The molecule has 0 fully saturated rings. The summed E-state index contributed by atoms with van der Waals surface area (Å²) in [5.74, 6) is 0. The zero-order valence-corrected chi connectivity index (χ0v) is 10.8. The molecule has 1 N–H and O–H groups in total. The fourth-order valence-corrected chi connectivity index (χ4v) is 1.88. The first-order chi connectivity index (χ1) is 9.03. The van der Waals surface area contributed by atoms with Gasteiger partial charge in [-0.1, -0.05) is 30.3 Å². The van der Waals surface area contributed by atoms with E-state index in [1.54, 1.807) is 24.3 Å². The van der Waals surface area contributed by atoms with Crippen LogP contribution in [0.5, 0.6) is 0 Å². The average molecular weight is 264 g/mol. The van der Waals surface area contributed by atoms with E-state index in [0.717, 1.165) is 10.5 Å². The molecule has 0 bridgehead atoms. The quantitative estimate of drug-likeness (QED) is 0.858. The van der Waals surface area contributed by atoms with E-state index in [0.29, 0.717) is 0 Å². The van der Waals surface area contributed by atoms with Crippen molar-refractivity contribution in [3.63, 3.8) is 0 Å².